The van der Waals surface area contributed by atoms with Gasteiger partial charge in [-0.2, -0.15) is 13.2 Å². The van der Waals surface area contributed by atoms with E-state index in [1.165, 1.54) is 0 Å². The molecule has 2 nitrogen and oxygen atoms in total. The van der Waals surface area contributed by atoms with Gasteiger partial charge in [0, 0.05) is 0 Å². The number of thiol groups is 1. The highest BCUT2D eigenvalue weighted by molar-refractivity contribution is 7.73. The standard InChI is InChI=1S/C4H5F3O2S.CH4.2ClH/c1-2-3(10(8)9)4(5,6)7;;;/h2-3,10H,1H2;1H4;2*1H. The van der Waals surface area contributed by atoms with Crippen LogP contribution in [0.5, 0.6) is 0 Å². The molecule has 0 saturated heterocycles. The van der Waals surface area contributed by atoms with Crippen molar-refractivity contribution >= 4 is 35.5 Å². The molecule has 1 unspecified atom stereocenters. The summed E-state index contributed by atoms with van der Waals surface area (Å²) in [6, 6.07) is 0. The van der Waals surface area contributed by atoms with E-state index in [1.807, 2.05) is 0 Å². The molecule has 0 aromatic carbocycles. The lowest BCUT2D eigenvalue weighted by Gasteiger charge is -2.08. The van der Waals surface area contributed by atoms with Gasteiger partial charge in [-0.3, -0.25) is 0 Å². The van der Waals surface area contributed by atoms with Crippen LogP contribution in [-0.2, 0) is 10.7 Å². The van der Waals surface area contributed by atoms with Crippen LogP contribution < -0.4 is 0 Å². The van der Waals surface area contributed by atoms with E-state index < -0.39 is 22.1 Å². The summed E-state index contributed by atoms with van der Waals surface area (Å²) in [5.41, 5.74) is 0. The Morgan fingerprint density at radius 2 is 1.54 bits per heavy atom. The highest BCUT2D eigenvalue weighted by Gasteiger charge is 2.39. The summed E-state index contributed by atoms with van der Waals surface area (Å²) >= 11 is 0. The maximum absolute atomic E-state index is 11.5. The lowest BCUT2D eigenvalue weighted by Crippen LogP contribution is -2.27. The molecule has 0 fully saturated rings. The molecule has 0 amide bonds. The summed E-state index contributed by atoms with van der Waals surface area (Å²) in [6.45, 7) is 2.74. The topological polar surface area (TPSA) is 34.1 Å². The molecular formula is C5H11Cl2F3O2S. The third-order valence-electron chi connectivity index (χ3n) is 0.786. The third-order valence-corrected chi connectivity index (χ3v) is 1.74. The minimum Gasteiger partial charge on any atom is -0.231 e. The van der Waals surface area contributed by atoms with Gasteiger partial charge in [-0.1, -0.05) is 13.5 Å². The van der Waals surface area contributed by atoms with Gasteiger partial charge in [0.1, 0.15) is 0 Å². The summed E-state index contributed by atoms with van der Waals surface area (Å²) in [7, 11) is -3.50. The Kier molecular flexibility index (Phi) is 15.4. The highest BCUT2D eigenvalue weighted by atomic mass is 35.5. The van der Waals surface area contributed by atoms with Gasteiger partial charge >= 0.3 is 6.18 Å². The van der Waals surface area contributed by atoms with Crippen LogP contribution in [0.2, 0.25) is 0 Å². The van der Waals surface area contributed by atoms with Crippen molar-refractivity contribution in [2.45, 2.75) is 18.9 Å². The van der Waals surface area contributed by atoms with Crippen LogP contribution in [0, 0.1) is 0 Å². The summed E-state index contributed by atoms with van der Waals surface area (Å²) in [6.07, 6.45) is -4.37. The van der Waals surface area contributed by atoms with Crippen LogP contribution in [0.25, 0.3) is 0 Å². The second-order valence-corrected chi connectivity index (χ2v) is 2.63. The van der Waals surface area contributed by atoms with Crippen molar-refractivity contribution in [2.24, 2.45) is 0 Å². The molecule has 84 valence electrons. The number of hydrogen-bond donors (Lipinski definition) is 1. The maximum atomic E-state index is 11.5. The lowest BCUT2D eigenvalue weighted by molar-refractivity contribution is -0.120. The van der Waals surface area contributed by atoms with E-state index in [-0.39, 0.29) is 32.2 Å². The van der Waals surface area contributed by atoms with Crippen LogP contribution >= 0.6 is 24.8 Å². The molecule has 0 bridgehead atoms. The molecular weight excluding hydrogens is 252 g/mol. The molecule has 0 aromatic heterocycles. The zero-order valence-electron chi connectivity index (χ0n) is 5.58. The van der Waals surface area contributed by atoms with E-state index in [0.717, 1.165) is 0 Å². The van der Waals surface area contributed by atoms with Gasteiger partial charge < -0.3 is 0 Å². The van der Waals surface area contributed by atoms with Gasteiger partial charge in [0.2, 0.25) is 0 Å². The molecule has 0 radical (unpaired) electrons. The van der Waals surface area contributed by atoms with Gasteiger partial charge in [0.25, 0.3) is 0 Å². The maximum Gasteiger partial charge on any atom is 0.408 e. The van der Waals surface area contributed by atoms with Crippen molar-refractivity contribution in [3.05, 3.63) is 12.7 Å². The van der Waals surface area contributed by atoms with Crippen LogP contribution in [0.1, 0.15) is 7.43 Å². The Hall–Kier alpha value is 0.0600. The van der Waals surface area contributed by atoms with E-state index in [1.54, 1.807) is 0 Å². The van der Waals surface area contributed by atoms with E-state index in [2.05, 4.69) is 6.58 Å². The Balaban J connectivity index is -0.000000135. The first kappa shape index (κ1) is 23.1. The fourth-order valence-electron chi connectivity index (χ4n) is 0.339. The molecule has 0 heterocycles. The molecule has 0 aromatic rings. The number of alkyl halides is 3. The van der Waals surface area contributed by atoms with Crippen LogP contribution in [0.15, 0.2) is 12.7 Å². The zero-order valence-corrected chi connectivity index (χ0v) is 8.10. The normalized spacial score (nSPS) is 11.7. The van der Waals surface area contributed by atoms with Gasteiger partial charge in [-0.05, 0) is 0 Å². The van der Waals surface area contributed by atoms with Crippen molar-refractivity contribution in [1.82, 2.24) is 0 Å². The van der Waals surface area contributed by atoms with Crippen LogP contribution in [0.3, 0.4) is 0 Å². The predicted molar refractivity (Wildman–Crippen MR) is 51.6 cm³/mol. The summed E-state index contributed by atoms with van der Waals surface area (Å²) in [5, 5.41) is -2.41. The lowest BCUT2D eigenvalue weighted by atomic mass is 10.4. The molecule has 13 heavy (non-hydrogen) atoms. The number of halogens is 5. The van der Waals surface area contributed by atoms with Crippen molar-refractivity contribution in [3.8, 4) is 0 Å². The van der Waals surface area contributed by atoms with Gasteiger partial charge in [-0.15, -0.1) is 31.4 Å². The summed E-state index contributed by atoms with van der Waals surface area (Å²) in [5.74, 6) is 0. The van der Waals surface area contributed by atoms with Gasteiger partial charge in [0.15, 0.2) is 16.0 Å². The Labute approximate surface area is 89.0 Å². The summed E-state index contributed by atoms with van der Waals surface area (Å²) in [4.78, 5) is 0. The minimum absolute atomic E-state index is 0. The van der Waals surface area contributed by atoms with Crippen molar-refractivity contribution in [3.63, 3.8) is 0 Å². The van der Waals surface area contributed by atoms with Crippen molar-refractivity contribution in [1.29, 1.82) is 0 Å². The molecule has 0 aliphatic carbocycles. The molecule has 8 heteroatoms. The first-order valence-electron chi connectivity index (χ1n) is 2.22. The molecule has 0 aliphatic heterocycles. The SMILES string of the molecule is C.C=CC([SH](=O)=O)C(F)(F)F.Cl.Cl. The van der Waals surface area contributed by atoms with E-state index >= 15 is 0 Å². The fourth-order valence-corrected chi connectivity index (χ4v) is 0.750. The van der Waals surface area contributed by atoms with E-state index in [0.29, 0.717) is 6.08 Å². The van der Waals surface area contributed by atoms with Gasteiger partial charge in [0.05, 0.1) is 0 Å². The van der Waals surface area contributed by atoms with Gasteiger partial charge in [-0.25, -0.2) is 8.42 Å². The average molecular weight is 263 g/mol. The summed E-state index contributed by atoms with van der Waals surface area (Å²) < 4.78 is 54.2. The Bertz CT molecular complexity index is 194. The molecule has 0 N–H and O–H groups in total. The first-order valence-corrected chi connectivity index (χ1v) is 3.47. The highest BCUT2D eigenvalue weighted by Crippen LogP contribution is 2.22. The predicted octanol–water partition coefficient (Wildman–Crippen LogP) is 2.19. The molecule has 0 saturated carbocycles. The fraction of sp³-hybridized carbons (Fsp3) is 0.600. The first-order chi connectivity index (χ1) is 4.39. The smallest absolute Gasteiger partial charge is 0.231 e. The molecule has 1 atom stereocenters. The molecule has 0 aliphatic rings. The van der Waals surface area contributed by atoms with Crippen LogP contribution in [-0.4, -0.2) is 19.8 Å². The molecule has 0 rings (SSSR count). The second-order valence-electron chi connectivity index (χ2n) is 1.51. The van der Waals surface area contributed by atoms with Crippen molar-refractivity contribution < 1.29 is 21.6 Å². The Morgan fingerprint density at radius 1 is 1.23 bits per heavy atom. The molecule has 0 spiro atoms. The van der Waals surface area contributed by atoms with Crippen LogP contribution in [0.4, 0.5) is 13.2 Å². The number of hydrogen-bond acceptors (Lipinski definition) is 2. The van der Waals surface area contributed by atoms with Crippen molar-refractivity contribution in [2.75, 3.05) is 0 Å². The average Bonchev–Trinajstić information content (AvgIpc) is 1.60. The second kappa shape index (κ2) is 8.65. The quantitative estimate of drug-likeness (QED) is 0.612. The Morgan fingerprint density at radius 3 is 1.54 bits per heavy atom. The van der Waals surface area contributed by atoms with E-state index in [4.69, 9.17) is 0 Å². The minimum atomic E-state index is -4.73. The monoisotopic (exact) mass is 262 g/mol. The number of rotatable bonds is 2. The van der Waals surface area contributed by atoms with E-state index in [9.17, 15) is 21.6 Å². The third kappa shape index (κ3) is 8.39. The zero-order chi connectivity index (χ0) is 8.36. The largest absolute Gasteiger partial charge is 0.408 e.